The third-order valence-corrected chi connectivity index (χ3v) is 6.88. The summed E-state index contributed by atoms with van der Waals surface area (Å²) in [5.74, 6) is -0.815. The Kier molecular flexibility index (Phi) is 6.08. The molecule has 0 aromatic carbocycles. The molecule has 1 atom stereocenters. The van der Waals surface area contributed by atoms with Crippen LogP contribution in [0, 0.1) is 37.5 Å². The minimum absolute atomic E-state index is 0.00364. The molecule has 184 valence electrons. The molecule has 0 radical (unpaired) electrons. The largest absolute Gasteiger partial charge is 0.338 e. The van der Waals surface area contributed by atoms with Gasteiger partial charge >= 0.3 is 0 Å². The molecule has 2 saturated carbocycles. The Morgan fingerprint density at radius 1 is 1.17 bits per heavy atom. The van der Waals surface area contributed by atoms with Crippen molar-refractivity contribution in [3.8, 4) is 11.1 Å². The number of amides is 2. The maximum atomic E-state index is 15.0. The van der Waals surface area contributed by atoms with Gasteiger partial charge in [0.15, 0.2) is 5.69 Å². The van der Waals surface area contributed by atoms with E-state index in [1.54, 1.807) is 19.1 Å². The lowest BCUT2D eigenvalue weighted by Crippen LogP contribution is -2.50. The normalized spacial score (nSPS) is 16.4. The second-order valence-electron chi connectivity index (χ2n) is 9.45. The zero-order valence-electron chi connectivity index (χ0n) is 19.9. The predicted molar refractivity (Wildman–Crippen MR) is 124 cm³/mol. The molecule has 35 heavy (non-hydrogen) atoms. The average molecular weight is 482 g/mol. The molecule has 0 bridgehead atoms. The van der Waals surface area contributed by atoms with Crippen LogP contribution in [0.5, 0.6) is 0 Å². The number of aromatic nitrogens is 5. The quantitative estimate of drug-likeness (QED) is 0.398. The van der Waals surface area contributed by atoms with E-state index in [0.717, 1.165) is 37.1 Å². The fourth-order valence-electron chi connectivity index (χ4n) is 4.86. The lowest BCUT2D eigenvalue weighted by molar-refractivity contribution is -0.119. The Labute approximate surface area is 201 Å². The Hall–Kier alpha value is -3.63. The van der Waals surface area contributed by atoms with Gasteiger partial charge in [-0.05, 0) is 81.0 Å². The van der Waals surface area contributed by atoms with Crippen molar-refractivity contribution in [3.63, 3.8) is 0 Å². The van der Waals surface area contributed by atoms with Gasteiger partial charge < -0.3 is 10.6 Å². The van der Waals surface area contributed by atoms with E-state index in [1.807, 2.05) is 13.8 Å². The number of pyridine rings is 1. The van der Waals surface area contributed by atoms with Gasteiger partial charge in [-0.15, -0.1) is 0 Å². The first-order valence-electron chi connectivity index (χ1n) is 12.0. The first kappa shape index (κ1) is 23.1. The highest BCUT2D eigenvalue weighted by Gasteiger charge is 2.48. The van der Waals surface area contributed by atoms with E-state index in [9.17, 15) is 9.59 Å². The molecule has 2 aliphatic carbocycles. The monoisotopic (exact) mass is 481 g/mol. The number of H-pyrrole nitrogens is 1. The van der Waals surface area contributed by atoms with Crippen molar-refractivity contribution in [2.75, 3.05) is 5.32 Å². The zero-order valence-corrected chi connectivity index (χ0v) is 19.9. The molecule has 0 saturated heterocycles. The van der Waals surface area contributed by atoms with E-state index < -0.39 is 23.8 Å². The third kappa shape index (κ3) is 4.67. The molecule has 0 aliphatic heterocycles. The van der Waals surface area contributed by atoms with Gasteiger partial charge in [-0.3, -0.25) is 14.7 Å². The molecular formula is C24H28FN7O3. The number of carbonyl (C=O) groups is 2. The Morgan fingerprint density at radius 2 is 1.89 bits per heavy atom. The topological polar surface area (TPSA) is 139 Å². The van der Waals surface area contributed by atoms with E-state index in [1.165, 1.54) is 0 Å². The van der Waals surface area contributed by atoms with Crippen LogP contribution in [0.15, 0.2) is 16.8 Å². The van der Waals surface area contributed by atoms with Crippen molar-refractivity contribution in [2.45, 2.75) is 58.9 Å². The fraction of sp³-hybridized carbons (Fsp3) is 0.500. The fourth-order valence-corrected chi connectivity index (χ4v) is 4.86. The standard InChI is InChI=1S/C24H28FN7O3/c1-4-16-18(11(2)29-30-16)15-9-10-17(26-22(15)25)27-24(34)21(19(13-5-6-13)14-7-8-14)28-23(33)20-12(3)31-35-32-20/h9-10,13-14,19,21H,4-8H2,1-3H3,(H,28,33)(H,29,30)(H,26,27,34)/t21-/m0/s1. The SMILES string of the molecule is CCc1n[nH]c(C)c1-c1ccc(NC(=O)[C@@H](NC(=O)c2nonc2C)C(C2CC2)C2CC2)nc1F. The molecule has 5 rings (SSSR count). The van der Waals surface area contributed by atoms with Crippen molar-refractivity contribution in [1.29, 1.82) is 0 Å². The second kappa shape index (κ2) is 9.20. The summed E-state index contributed by atoms with van der Waals surface area (Å²) in [6.07, 6.45) is 4.74. The minimum Gasteiger partial charge on any atom is -0.338 e. The number of aryl methyl sites for hydroxylation is 3. The van der Waals surface area contributed by atoms with Crippen LogP contribution < -0.4 is 10.6 Å². The number of aromatic amines is 1. The Bertz CT molecular complexity index is 1250. The molecule has 2 aliphatic rings. The molecule has 10 nitrogen and oxygen atoms in total. The molecule has 3 aromatic rings. The van der Waals surface area contributed by atoms with Gasteiger partial charge in [0.05, 0.1) is 5.69 Å². The summed E-state index contributed by atoms with van der Waals surface area (Å²) in [4.78, 5) is 30.3. The first-order valence-corrected chi connectivity index (χ1v) is 12.0. The van der Waals surface area contributed by atoms with Crippen LogP contribution in [0.3, 0.4) is 0 Å². The van der Waals surface area contributed by atoms with Crippen LogP contribution in [0.2, 0.25) is 0 Å². The van der Waals surface area contributed by atoms with Gasteiger partial charge in [-0.25, -0.2) is 9.61 Å². The van der Waals surface area contributed by atoms with Gasteiger partial charge in [-0.2, -0.15) is 9.49 Å². The Morgan fingerprint density at radius 3 is 2.46 bits per heavy atom. The van der Waals surface area contributed by atoms with Crippen LogP contribution in [0.25, 0.3) is 11.1 Å². The maximum Gasteiger partial charge on any atom is 0.276 e. The molecular weight excluding hydrogens is 453 g/mol. The first-order chi connectivity index (χ1) is 16.9. The van der Waals surface area contributed by atoms with Gasteiger partial charge in [0.2, 0.25) is 11.9 Å². The summed E-state index contributed by atoms with van der Waals surface area (Å²) in [6.45, 7) is 5.38. The third-order valence-electron chi connectivity index (χ3n) is 6.88. The number of nitrogens with zero attached hydrogens (tertiary/aromatic N) is 4. The number of anilines is 1. The highest BCUT2D eigenvalue weighted by atomic mass is 19.1. The molecule has 0 spiro atoms. The molecule has 3 N–H and O–H groups in total. The number of halogens is 1. The molecule has 2 amide bonds. The van der Waals surface area contributed by atoms with Gasteiger partial charge in [0.1, 0.15) is 17.6 Å². The number of hydrogen-bond acceptors (Lipinski definition) is 7. The van der Waals surface area contributed by atoms with Gasteiger partial charge in [-0.1, -0.05) is 12.1 Å². The van der Waals surface area contributed by atoms with E-state index in [0.29, 0.717) is 35.1 Å². The Balaban J connectivity index is 1.39. The number of hydrogen-bond donors (Lipinski definition) is 3. The van der Waals surface area contributed by atoms with Crippen molar-refractivity contribution in [3.05, 3.63) is 40.9 Å². The summed E-state index contributed by atoms with van der Waals surface area (Å²) < 4.78 is 19.7. The average Bonchev–Trinajstić information content (AvgIpc) is 3.76. The van der Waals surface area contributed by atoms with E-state index in [-0.39, 0.29) is 17.4 Å². The van der Waals surface area contributed by atoms with Crippen molar-refractivity contribution in [1.82, 2.24) is 30.8 Å². The van der Waals surface area contributed by atoms with Crippen molar-refractivity contribution in [2.24, 2.45) is 17.8 Å². The lowest BCUT2D eigenvalue weighted by Gasteiger charge is -2.27. The molecule has 11 heteroatoms. The number of rotatable bonds is 9. The highest BCUT2D eigenvalue weighted by molar-refractivity contribution is 6.00. The maximum absolute atomic E-state index is 15.0. The van der Waals surface area contributed by atoms with Gasteiger partial charge in [0, 0.05) is 16.8 Å². The van der Waals surface area contributed by atoms with Crippen molar-refractivity contribution >= 4 is 17.6 Å². The summed E-state index contributed by atoms with van der Waals surface area (Å²) in [6, 6.07) is 2.35. The zero-order chi connectivity index (χ0) is 24.7. The summed E-state index contributed by atoms with van der Waals surface area (Å²) in [5.41, 5.74) is 2.88. The molecule has 2 fully saturated rings. The smallest absolute Gasteiger partial charge is 0.276 e. The minimum atomic E-state index is -0.800. The highest BCUT2D eigenvalue weighted by Crippen LogP contribution is 2.51. The van der Waals surface area contributed by atoms with Crippen LogP contribution >= 0.6 is 0 Å². The number of nitrogens with one attached hydrogen (secondary N) is 3. The summed E-state index contributed by atoms with van der Waals surface area (Å²) in [7, 11) is 0. The van der Waals surface area contributed by atoms with Crippen LogP contribution in [-0.4, -0.2) is 43.4 Å². The molecule has 3 aromatic heterocycles. The van der Waals surface area contributed by atoms with E-state index >= 15 is 4.39 Å². The van der Waals surface area contributed by atoms with E-state index in [4.69, 9.17) is 0 Å². The predicted octanol–water partition coefficient (Wildman–Crippen LogP) is 3.35. The van der Waals surface area contributed by atoms with Crippen molar-refractivity contribution < 1.29 is 18.6 Å². The molecule has 3 heterocycles. The van der Waals surface area contributed by atoms with Crippen LogP contribution in [-0.2, 0) is 11.2 Å². The van der Waals surface area contributed by atoms with E-state index in [2.05, 4.69) is 40.8 Å². The second-order valence-corrected chi connectivity index (χ2v) is 9.45. The lowest BCUT2D eigenvalue weighted by atomic mass is 9.88. The van der Waals surface area contributed by atoms with Crippen LogP contribution in [0.1, 0.15) is 60.2 Å². The summed E-state index contributed by atoms with van der Waals surface area (Å²) in [5, 5.41) is 20.0. The van der Waals surface area contributed by atoms with Crippen LogP contribution in [0.4, 0.5) is 10.2 Å². The number of carbonyl (C=O) groups excluding carboxylic acids is 2. The summed E-state index contributed by atoms with van der Waals surface area (Å²) >= 11 is 0. The molecule has 0 unspecified atom stereocenters. The van der Waals surface area contributed by atoms with Gasteiger partial charge in [0.25, 0.3) is 5.91 Å².